The van der Waals surface area contributed by atoms with E-state index in [9.17, 15) is 10.1 Å². The summed E-state index contributed by atoms with van der Waals surface area (Å²) in [6.07, 6.45) is 3.02. The maximum Gasteiger partial charge on any atom is 0.410 e. The zero-order valence-corrected chi connectivity index (χ0v) is 20.8. The molecule has 1 aromatic rings. The molecule has 0 saturated carbocycles. The van der Waals surface area contributed by atoms with Crippen molar-refractivity contribution in [1.29, 1.82) is 5.26 Å². The lowest BCUT2D eigenvalue weighted by atomic mass is 10.0. The van der Waals surface area contributed by atoms with E-state index in [-0.39, 0.29) is 18.6 Å². The van der Waals surface area contributed by atoms with Crippen LogP contribution in [0.5, 0.6) is 6.01 Å². The van der Waals surface area contributed by atoms with Crippen LogP contribution in [0.2, 0.25) is 0 Å². The second-order valence-corrected chi connectivity index (χ2v) is 10.4. The molecule has 0 unspecified atom stereocenters. The van der Waals surface area contributed by atoms with Gasteiger partial charge < -0.3 is 29.5 Å². The molecular weight excluding hydrogens is 434 g/mol. The molecule has 0 radical (unpaired) electrons. The van der Waals surface area contributed by atoms with Gasteiger partial charge in [0, 0.05) is 37.8 Å². The first-order chi connectivity index (χ1) is 16.2. The molecule has 2 atom stereocenters. The molecule has 3 aliphatic rings. The second kappa shape index (κ2) is 10.3. The number of ether oxygens (including phenoxy) is 2. The molecule has 4 rings (SSSR count). The fraction of sp³-hybridized carbons (Fsp3) is 0.750. The van der Waals surface area contributed by atoms with Gasteiger partial charge in [-0.3, -0.25) is 0 Å². The number of rotatable bonds is 5. The predicted octanol–water partition coefficient (Wildman–Crippen LogP) is 1.93. The van der Waals surface area contributed by atoms with E-state index < -0.39 is 5.60 Å². The molecule has 186 valence electrons. The van der Waals surface area contributed by atoms with Crippen molar-refractivity contribution < 1.29 is 14.3 Å². The van der Waals surface area contributed by atoms with E-state index in [1.165, 1.54) is 6.42 Å². The van der Waals surface area contributed by atoms with Crippen molar-refractivity contribution in [3.05, 3.63) is 11.3 Å². The highest BCUT2D eigenvalue weighted by Crippen LogP contribution is 2.29. The predicted molar refractivity (Wildman–Crippen MR) is 128 cm³/mol. The summed E-state index contributed by atoms with van der Waals surface area (Å²) in [6, 6.07) is 2.77. The Balaban J connectivity index is 1.54. The topological polar surface area (TPSA) is 107 Å². The van der Waals surface area contributed by atoms with E-state index in [0.29, 0.717) is 44.8 Å². The van der Waals surface area contributed by atoms with Gasteiger partial charge in [0.2, 0.25) is 0 Å². The van der Waals surface area contributed by atoms with Gasteiger partial charge in [-0.05, 0) is 60.2 Å². The lowest BCUT2D eigenvalue weighted by molar-refractivity contribution is 0.0144. The smallest absolute Gasteiger partial charge is 0.410 e. The number of hydrogen-bond acceptors (Lipinski definition) is 9. The highest BCUT2D eigenvalue weighted by atomic mass is 16.6. The van der Waals surface area contributed by atoms with Crippen molar-refractivity contribution in [2.75, 3.05) is 51.3 Å². The molecule has 34 heavy (non-hydrogen) atoms. The Kier molecular flexibility index (Phi) is 7.43. The van der Waals surface area contributed by atoms with Gasteiger partial charge in [0.25, 0.3) is 0 Å². The van der Waals surface area contributed by atoms with E-state index in [4.69, 9.17) is 19.4 Å². The van der Waals surface area contributed by atoms with E-state index in [1.54, 1.807) is 4.90 Å². The summed E-state index contributed by atoms with van der Waals surface area (Å²) in [5.74, 6) is 0.869. The number of nitriles is 1. The molecule has 3 aliphatic heterocycles. The number of hydrogen-bond donors (Lipinski definition) is 1. The van der Waals surface area contributed by atoms with Crippen LogP contribution < -0.4 is 15.0 Å². The van der Waals surface area contributed by atoms with E-state index in [0.717, 1.165) is 43.0 Å². The summed E-state index contributed by atoms with van der Waals surface area (Å²) in [7, 11) is 2.13. The first kappa shape index (κ1) is 24.5. The zero-order chi connectivity index (χ0) is 24.3. The molecule has 1 amide bonds. The Hall–Kier alpha value is -2.64. The average Bonchev–Trinajstić information content (AvgIpc) is 3.20. The third-order valence-electron chi connectivity index (χ3n) is 6.71. The van der Waals surface area contributed by atoms with Gasteiger partial charge in [-0.1, -0.05) is 0 Å². The van der Waals surface area contributed by atoms with Gasteiger partial charge in [0.15, 0.2) is 0 Å². The average molecular weight is 472 g/mol. The quantitative estimate of drug-likeness (QED) is 0.689. The van der Waals surface area contributed by atoms with Gasteiger partial charge in [-0.15, -0.1) is 0 Å². The highest BCUT2D eigenvalue weighted by molar-refractivity contribution is 5.69. The first-order valence-corrected chi connectivity index (χ1v) is 12.3. The molecule has 10 heteroatoms. The van der Waals surface area contributed by atoms with Crippen molar-refractivity contribution in [1.82, 2.24) is 25.1 Å². The number of likely N-dealkylation sites (N-methyl/N-ethyl adjacent to an activating group) is 1. The van der Waals surface area contributed by atoms with Crippen molar-refractivity contribution in [3.8, 4) is 12.1 Å². The van der Waals surface area contributed by atoms with Crippen LogP contribution in [-0.4, -0.2) is 89.9 Å². The Morgan fingerprint density at radius 2 is 2.06 bits per heavy atom. The second-order valence-electron chi connectivity index (χ2n) is 10.4. The van der Waals surface area contributed by atoms with E-state index >= 15 is 0 Å². The third kappa shape index (κ3) is 5.70. The minimum atomic E-state index is -0.580. The van der Waals surface area contributed by atoms with Crippen molar-refractivity contribution in [2.45, 2.75) is 70.7 Å². The van der Waals surface area contributed by atoms with Crippen LogP contribution in [0.3, 0.4) is 0 Å². The number of nitrogens with zero attached hydrogens (tertiary/aromatic N) is 6. The summed E-state index contributed by atoms with van der Waals surface area (Å²) in [4.78, 5) is 28.5. The number of anilines is 1. The fourth-order valence-corrected chi connectivity index (χ4v) is 4.89. The number of carbonyl (C=O) groups is 1. The SMILES string of the molecule is CN1CCC[C@H]1COc1nc2c(c(N3CCN(C(=O)OC(C)(C)C)[C@@H](CC#N)C3)n1)CCNC2. The Morgan fingerprint density at radius 1 is 1.24 bits per heavy atom. The maximum absolute atomic E-state index is 12.8. The molecule has 0 aromatic carbocycles. The van der Waals surface area contributed by atoms with Crippen LogP contribution in [-0.2, 0) is 17.7 Å². The lowest BCUT2D eigenvalue weighted by Gasteiger charge is -2.42. The molecule has 1 N–H and O–H groups in total. The van der Waals surface area contributed by atoms with Crippen LogP contribution in [0.1, 0.15) is 51.3 Å². The summed E-state index contributed by atoms with van der Waals surface area (Å²) in [5, 5.41) is 12.8. The Bertz CT molecular complexity index is 926. The molecule has 4 heterocycles. The number of piperazine rings is 1. The molecule has 0 spiro atoms. The lowest BCUT2D eigenvalue weighted by Crippen LogP contribution is -2.56. The zero-order valence-electron chi connectivity index (χ0n) is 20.8. The standard InChI is InChI=1S/C24H37N7O3/c1-24(2,3)34-23(32)31-13-12-30(15-17(31)7-9-25)21-19-8-10-26-14-20(19)27-22(28-21)33-16-18-6-5-11-29(18)4/h17-18,26H,5-8,10-16H2,1-4H3/t17-,18-/m0/s1. The monoisotopic (exact) mass is 471 g/mol. The van der Waals surface area contributed by atoms with E-state index in [1.807, 2.05) is 20.8 Å². The summed E-state index contributed by atoms with van der Waals surface area (Å²) in [6.45, 7) is 10.4. The highest BCUT2D eigenvalue weighted by Gasteiger charge is 2.35. The van der Waals surface area contributed by atoms with Crippen LogP contribution in [0, 0.1) is 11.3 Å². The van der Waals surface area contributed by atoms with Gasteiger partial charge in [-0.25, -0.2) is 4.79 Å². The molecule has 0 bridgehead atoms. The van der Waals surface area contributed by atoms with Crippen molar-refractivity contribution in [3.63, 3.8) is 0 Å². The van der Waals surface area contributed by atoms with E-state index in [2.05, 4.69) is 28.2 Å². The van der Waals surface area contributed by atoms with Crippen molar-refractivity contribution in [2.24, 2.45) is 0 Å². The normalized spacial score (nSPS) is 23.4. The number of nitrogens with one attached hydrogen (secondary N) is 1. The molecule has 2 fully saturated rings. The number of carbonyl (C=O) groups excluding carboxylic acids is 1. The van der Waals surface area contributed by atoms with Crippen LogP contribution in [0.4, 0.5) is 10.6 Å². The number of aromatic nitrogens is 2. The van der Waals surface area contributed by atoms with Gasteiger partial charge in [-0.2, -0.15) is 15.2 Å². The minimum Gasteiger partial charge on any atom is -0.462 e. The van der Waals surface area contributed by atoms with Crippen LogP contribution >= 0.6 is 0 Å². The molecule has 1 aromatic heterocycles. The minimum absolute atomic E-state index is 0.238. The summed E-state index contributed by atoms with van der Waals surface area (Å²) < 4.78 is 11.7. The van der Waals surface area contributed by atoms with Gasteiger partial charge in [0.1, 0.15) is 18.0 Å². The van der Waals surface area contributed by atoms with Crippen molar-refractivity contribution >= 4 is 11.9 Å². The molecule has 10 nitrogen and oxygen atoms in total. The van der Waals surface area contributed by atoms with Crippen LogP contribution in [0.15, 0.2) is 0 Å². The molecular formula is C24H37N7O3. The van der Waals surface area contributed by atoms with Gasteiger partial charge >= 0.3 is 12.1 Å². The molecule has 0 aliphatic carbocycles. The summed E-state index contributed by atoms with van der Waals surface area (Å²) in [5.41, 5.74) is 1.52. The third-order valence-corrected chi connectivity index (χ3v) is 6.71. The maximum atomic E-state index is 12.8. The largest absolute Gasteiger partial charge is 0.462 e. The fourth-order valence-electron chi connectivity index (χ4n) is 4.89. The van der Waals surface area contributed by atoms with Gasteiger partial charge in [0.05, 0.1) is 24.2 Å². The Morgan fingerprint density at radius 3 is 2.76 bits per heavy atom. The Labute approximate surface area is 202 Å². The number of amides is 1. The number of likely N-dealkylation sites (tertiary alicyclic amines) is 1. The number of fused-ring (bicyclic) bond motifs is 1. The molecule has 2 saturated heterocycles. The van der Waals surface area contributed by atoms with Crippen LogP contribution in [0.25, 0.3) is 0 Å². The summed E-state index contributed by atoms with van der Waals surface area (Å²) >= 11 is 0. The first-order valence-electron chi connectivity index (χ1n) is 12.3.